The fourth-order valence-corrected chi connectivity index (χ4v) is 5.00. The Morgan fingerprint density at radius 1 is 1.03 bits per heavy atom. The van der Waals surface area contributed by atoms with E-state index in [9.17, 15) is 17.6 Å². The zero-order valence-corrected chi connectivity index (χ0v) is 20.4. The highest BCUT2D eigenvalue weighted by atomic mass is 32.2. The first-order valence-electron chi connectivity index (χ1n) is 11.4. The molecule has 1 N–H and O–H groups in total. The van der Waals surface area contributed by atoms with E-state index in [0.29, 0.717) is 17.1 Å². The molecule has 0 atom stereocenters. The zero-order valence-electron chi connectivity index (χ0n) is 19.6. The summed E-state index contributed by atoms with van der Waals surface area (Å²) in [6, 6.07) is 16.2. The smallest absolute Gasteiger partial charge is 0.231 e. The average molecular weight is 496 g/mol. The highest BCUT2D eigenvalue weighted by Gasteiger charge is 2.51. The molecule has 182 valence electrons. The lowest BCUT2D eigenvalue weighted by atomic mass is 9.86. The van der Waals surface area contributed by atoms with Crippen LogP contribution in [-0.2, 0) is 33.2 Å². The van der Waals surface area contributed by atoms with Gasteiger partial charge >= 0.3 is 0 Å². The van der Waals surface area contributed by atoms with Crippen LogP contribution < -0.4 is 14.2 Å². The van der Waals surface area contributed by atoms with Crippen LogP contribution in [-0.4, -0.2) is 27.2 Å². The second-order valence-corrected chi connectivity index (χ2v) is 11.1. The van der Waals surface area contributed by atoms with Crippen LogP contribution in [0.2, 0.25) is 0 Å². The van der Waals surface area contributed by atoms with Gasteiger partial charge in [0.25, 0.3) is 0 Å². The third-order valence-electron chi connectivity index (χ3n) is 6.76. The third kappa shape index (κ3) is 4.81. The van der Waals surface area contributed by atoms with Gasteiger partial charge in [-0.3, -0.25) is 4.79 Å². The molecule has 1 saturated carbocycles. The molecule has 1 aliphatic carbocycles. The van der Waals surface area contributed by atoms with E-state index in [0.717, 1.165) is 46.9 Å². The van der Waals surface area contributed by atoms with E-state index in [1.807, 2.05) is 49.4 Å². The highest BCUT2D eigenvalue weighted by molar-refractivity contribution is 7.88. The summed E-state index contributed by atoms with van der Waals surface area (Å²) in [4.78, 5) is 13.4. The quantitative estimate of drug-likeness (QED) is 0.500. The fourth-order valence-electron chi connectivity index (χ4n) is 4.57. The minimum Gasteiger partial charge on any atom is -0.454 e. The van der Waals surface area contributed by atoms with E-state index < -0.39 is 21.3 Å². The van der Waals surface area contributed by atoms with Crippen LogP contribution in [0.5, 0.6) is 11.5 Å². The molecule has 1 heterocycles. The Balaban J connectivity index is 1.37. The topological polar surface area (TPSA) is 81.7 Å². The van der Waals surface area contributed by atoms with Crippen molar-refractivity contribution in [2.45, 2.75) is 38.1 Å². The molecule has 5 rings (SSSR count). The van der Waals surface area contributed by atoms with E-state index in [-0.39, 0.29) is 25.5 Å². The maximum absolute atomic E-state index is 14.9. The second kappa shape index (κ2) is 8.77. The van der Waals surface area contributed by atoms with E-state index >= 15 is 0 Å². The van der Waals surface area contributed by atoms with Crippen molar-refractivity contribution in [3.63, 3.8) is 0 Å². The van der Waals surface area contributed by atoms with Gasteiger partial charge < -0.3 is 9.47 Å². The summed E-state index contributed by atoms with van der Waals surface area (Å²) >= 11 is 0. The lowest BCUT2D eigenvalue weighted by Gasteiger charge is -2.17. The Hall–Kier alpha value is -3.23. The van der Waals surface area contributed by atoms with Crippen molar-refractivity contribution in [1.29, 1.82) is 0 Å². The molecule has 0 bridgehead atoms. The maximum atomic E-state index is 14.9. The molecule has 0 saturated heterocycles. The van der Waals surface area contributed by atoms with Gasteiger partial charge in [-0.25, -0.2) is 17.5 Å². The SMILES string of the molecule is Cc1cc(F)c(CC(=O)C2(c3ccc4c(c3)OCO4)CC2)cc1-c1ccc(CNS(C)(=O)=O)cc1. The Kier molecular flexibility index (Phi) is 5.89. The first-order valence-corrected chi connectivity index (χ1v) is 13.3. The number of rotatable bonds is 8. The number of halogens is 1. The third-order valence-corrected chi connectivity index (χ3v) is 7.43. The normalized spacial score (nSPS) is 15.7. The van der Waals surface area contributed by atoms with Crippen LogP contribution in [0.1, 0.15) is 35.1 Å². The zero-order chi connectivity index (χ0) is 24.8. The minimum atomic E-state index is -3.28. The summed E-state index contributed by atoms with van der Waals surface area (Å²) in [5.74, 6) is 0.909. The Morgan fingerprint density at radius 2 is 1.74 bits per heavy atom. The van der Waals surface area contributed by atoms with E-state index in [4.69, 9.17) is 9.47 Å². The number of fused-ring (bicyclic) bond motifs is 1. The van der Waals surface area contributed by atoms with Gasteiger partial charge in [0.2, 0.25) is 16.8 Å². The van der Waals surface area contributed by atoms with Crippen molar-refractivity contribution < 1.29 is 27.1 Å². The van der Waals surface area contributed by atoms with Crippen LogP contribution in [0.3, 0.4) is 0 Å². The number of aryl methyl sites for hydroxylation is 1. The number of ether oxygens (including phenoxy) is 2. The van der Waals surface area contributed by atoms with Gasteiger partial charge in [0.15, 0.2) is 11.5 Å². The molecule has 0 aromatic heterocycles. The first-order chi connectivity index (χ1) is 16.6. The molecule has 35 heavy (non-hydrogen) atoms. The number of sulfonamides is 1. The summed E-state index contributed by atoms with van der Waals surface area (Å²) in [7, 11) is -3.28. The molecule has 3 aromatic rings. The Labute approximate surface area is 204 Å². The van der Waals surface area contributed by atoms with Crippen molar-refractivity contribution >= 4 is 15.8 Å². The van der Waals surface area contributed by atoms with E-state index in [1.165, 1.54) is 6.07 Å². The second-order valence-electron chi connectivity index (χ2n) is 9.30. The summed E-state index contributed by atoms with van der Waals surface area (Å²) < 4.78 is 50.9. The monoisotopic (exact) mass is 495 g/mol. The van der Waals surface area contributed by atoms with Crippen LogP contribution >= 0.6 is 0 Å². The van der Waals surface area contributed by atoms with Gasteiger partial charge in [-0.2, -0.15) is 0 Å². The van der Waals surface area contributed by atoms with Gasteiger partial charge in [-0.1, -0.05) is 30.3 Å². The predicted octanol–water partition coefficient (Wildman–Crippen LogP) is 4.42. The highest BCUT2D eigenvalue weighted by Crippen LogP contribution is 2.51. The molecule has 0 amide bonds. The summed E-state index contributed by atoms with van der Waals surface area (Å²) in [5, 5.41) is 0. The predicted molar refractivity (Wildman–Crippen MR) is 130 cm³/mol. The van der Waals surface area contributed by atoms with Crippen molar-refractivity contribution in [3.8, 4) is 22.6 Å². The van der Waals surface area contributed by atoms with E-state index in [1.54, 1.807) is 6.07 Å². The van der Waals surface area contributed by atoms with Gasteiger partial charge in [-0.05, 0) is 77.4 Å². The minimum absolute atomic E-state index is 0.00389. The summed E-state index contributed by atoms with van der Waals surface area (Å²) in [6.07, 6.45) is 2.58. The van der Waals surface area contributed by atoms with Gasteiger partial charge in [0.05, 0.1) is 11.7 Å². The maximum Gasteiger partial charge on any atom is 0.231 e. The van der Waals surface area contributed by atoms with Gasteiger partial charge in [0.1, 0.15) is 11.6 Å². The fraction of sp³-hybridized carbons (Fsp3) is 0.296. The van der Waals surface area contributed by atoms with Gasteiger partial charge in [-0.15, -0.1) is 0 Å². The number of benzene rings is 3. The molecule has 3 aromatic carbocycles. The molecule has 0 radical (unpaired) electrons. The van der Waals surface area contributed by atoms with Crippen LogP contribution in [0.4, 0.5) is 4.39 Å². The number of hydrogen-bond donors (Lipinski definition) is 1. The van der Waals surface area contributed by atoms with Crippen LogP contribution in [0.25, 0.3) is 11.1 Å². The number of hydrogen-bond acceptors (Lipinski definition) is 5. The van der Waals surface area contributed by atoms with Gasteiger partial charge in [0, 0.05) is 13.0 Å². The number of Topliss-reactive ketones (excluding diaryl/α,β-unsaturated/α-hetero) is 1. The summed E-state index contributed by atoms with van der Waals surface area (Å²) in [6.45, 7) is 2.20. The number of nitrogens with one attached hydrogen (secondary N) is 1. The number of ketones is 1. The Morgan fingerprint density at radius 3 is 2.43 bits per heavy atom. The molecule has 2 aliphatic rings. The molecule has 1 aliphatic heterocycles. The van der Waals surface area contributed by atoms with E-state index in [2.05, 4.69) is 4.72 Å². The average Bonchev–Trinajstić information content (AvgIpc) is 3.50. The molecule has 1 fully saturated rings. The molecule has 8 heteroatoms. The number of carbonyl (C=O) groups excluding carboxylic acids is 1. The lowest BCUT2D eigenvalue weighted by Crippen LogP contribution is -2.23. The molecule has 0 unspecified atom stereocenters. The van der Waals surface area contributed by atoms with Crippen molar-refractivity contribution in [3.05, 3.63) is 82.7 Å². The van der Waals surface area contributed by atoms with Crippen LogP contribution in [0, 0.1) is 12.7 Å². The lowest BCUT2D eigenvalue weighted by molar-refractivity contribution is -0.120. The summed E-state index contributed by atoms with van der Waals surface area (Å²) in [5.41, 5.74) is 3.93. The van der Waals surface area contributed by atoms with Crippen molar-refractivity contribution in [2.24, 2.45) is 0 Å². The largest absolute Gasteiger partial charge is 0.454 e. The van der Waals surface area contributed by atoms with Crippen molar-refractivity contribution in [1.82, 2.24) is 4.72 Å². The number of carbonyl (C=O) groups is 1. The molecular weight excluding hydrogens is 469 g/mol. The van der Waals surface area contributed by atoms with Crippen LogP contribution in [0.15, 0.2) is 54.6 Å². The molecule has 6 nitrogen and oxygen atoms in total. The first kappa shape index (κ1) is 23.5. The molecule has 0 spiro atoms. The Bertz CT molecular complexity index is 1410. The molecular formula is C27H26FNO5S. The standard InChI is InChI=1S/C27H26FNO5S/c1-17-11-23(28)20(12-22(17)19-5-3-18(4-6-19)15-29-35(2,31)32)13-26(30)27(9-10-27)21-7-8-24-25(14-21)34-16-33-24/h3-8,11-12,14,29H,9-10,13,15-16H2,1-2H3. The van der Waals surface area contributed by atoms with Crippen molar-refractivity contribution in [2.75, 3.05) is 13.0 Å².